The maximum Gasteiger partial charge on any atom is 0.329 e. The van der Waals surface area contributed by atoms with Gasteiger partial charge in [-0.15, -0.1) is 0 Å². The fraction of sp³-hybridized carbons (Fsp3) is 0.556. The molecule has 2 heterocycles. The second kappa shape index (κ2) is 4.04. The highest BCUT2D eigenvalue weighted by Gasteiger charge is 2.24. The van der Waals surface area contributed by atoms with Gasteiger partial charge in [0.1, 0.15) is 6.33 Å². The standard InChI is InChI=1S/C9H13N3OS/c1-8-6-14-5-4-12(8)9(13)11-3-2-10-7-11/h2-3,7-8H,4-6H2,1H3. The van der Waals surface area contributed by atoms with Crippen molar-refractivity contribution in [1.82, 2.24) is 14.5 Å². The van der Waals surface area contributed by atoms with E-state index in [4.69, 9.17) is 0 Å². The summed E-state index contributed by atoms with van der Waals surface area (Å²) in [6.07, 6.45) is 4.87. The third kappa shape index (κ3) is 1.77. The molecule has 1 atom stereocenters. The molecule has 1 aliphatic heterocycles. The van der Waals surface area contributed by atoms with Crippen LogP contribution in [0, 0.1) is 0 Å². The summed E-state index contributed by atoms with van der Waals surface area (Å²) < 4.78 is 1.53. The molecule has 1 fully saturated rings. The van der Waals surface area contributed by atoms with Crippen LogP contribution in [0.5, 0.6) is 0 Å². The Balaban J connectivity index is 2.10. The number of hydrogen-bond acceptors (Lipinski definition) is 3. The Hall–Kier alpha value is -0.970. The molecule has 1 aliphatic rings. The van der Waals surface area contributed by atoms with Gasteiger partial charge in [0, 0.05) is 36.5 Å². The van der Waals surface area contributed by atoms with E-state index < -0.39 is 0 Å². The number of amides is 1. The van der Waals surface area contributed by atoms with Crippen LogP contribution in [-0.2, 0) is 0 Å². The van der Waals surface area contributed by atoms with Crippen LogP contribution in [0.15, 0.2) is 18.7 Å². The molecule has 1 saturated heterocycles. The Morgan fingerprint density at radius 1 is 1.64 bits per heavy atom. The van der Waals surface area contributed by atoms with E-state index in [9.17, 15) is 4.79 Å². The summed E-state index contributed by atoms with van der Waals surface area (Å²) in [5.41, 5.74) is 0. The molecule has 0 aromatic carbocycles. The average Bonchev–Trinajstić information content (AvgIpc) is 2.70. The maximum absolute atomic E-state index is 11.9. The second-order valence-electron chi connectivity index (χ2n) is 3.37. The van der Waals surface area contributed by atoms with Crippen LogP contribution in [-0.4, -0.2) is 44.6 Å². The van der Waals surface area contributed by atoms with Crippen molar-refractivity contribution < 1.29 is 4.79 Å². The van der Waals surface area contributed by atoms with E-state index in [2.05, 4.69) is 11.9 Å². The number of thioether (sulfide) groups is 1. The molecule has 14 heavy (non-hydrogen) atoms. The number of nitrogens with zero attached hydrogens (tertiary/aromatic N) is 3. The van der Waals surface area contributed by atoms with Crippen molar-refractivity contribution in [1.29, 1.82) is 0 Å². The molecule has 1 amide bonds. The summed E-state index contributed by atoms with van der Waals surface area (Å²) in [4.78, 5) is 17.7. The van der Waals surface area contributed by atoms with Crippen LogP contribution in [0.1, 0.15) is 6.92 Å². The van der Waals surface area contributed by atoms with Crippen molar-refractivity contribution in [2.45, 2.75) is 13.0 Å². The molecular formula is C9H13N3OS. The predicted octanol–water partition coefficient (Wildman–Crippen LogP) is 1.29. The summed E-state index contributed by atoms with van der Waals surface area (Å²) in [5, 5.41) is 0. The SMILES string of the molecule is CC1CSCCN1C(=O)n1ccnc1. The Bertz CT molecular complexity index is 312. The lowest BCUT2D eigenvalue weighted by Crippen LogP contribution is -2.46. The van der Waals surface area contributed by atoms with E-state index >= 15 is 0 Å². The molecule has 1 unspecified atom stereocenters. The first-order chi connectivity index (χ1) is 6.79. The smallest absolute Gasteiger partial charge is 0.320 e. The molecule has 0 radical (unpaired) electrons. The summed E-state index contributed by atoms with van der Waals surface area (Å²) >= 11 is 1.90. The van der Waals surface area contributed by atoms with Crippen LogP contribution in [0.2, 0.25) is 0 Å². The van der Waals surface area contributed by atoms with E-state index in [-0.39, 0.29) is 6.03 Å². The van der Waals surface area contributed by atoms with Crippen LogP contribution in [0.3, 0.4) is 0 Å². The lowest BCUT2D eigenvalue weighted by molar-refractivity contribution is 0.188. The van der Waals surface area contributed by atoms with Crippen molar-refractivity contribution in [2.24, 2.45) is 0 Å². The minimum absolute atomic E-state index is 0.0373. The Morgan fingerprint density at radius 2 is 2.50 bits per heavy atom. The molecular weight excluding hydrogens is 198 g/mol. The third-order valence-corrected chi connectivity index (χ3v) is 3.53. The predicted molar refractivity (Wildman–Crippen MR) is 56.5 cm³/mol. The van der Waals surface area contributed by atoms with Gasteiger partial charge in [0.25, 0.3) is 0 Å². The fourth-order valence-corrected chi connectivity index (χ4v) is 2.55. The average molecular weight is 211 g/mol. The van der Waals surface area contributed by atoms with E-state index in [0.29, 0.717) is 6.04 Å². The summed E-state index contributed by atoms with van der Waals surface area (Å²) in [6, 6.07) is 0.360. The zero-order valence-electron chi connectivity index (χ0n) is 8.09. The van der Waals surface area contributed by atoms with Gasteiger partial charge in [-0.05, 0) is 6.92 Å². The fourth-order valence-electron chi connectivity index (χ4n) is 1.53. The van der Waals surface area contributed by atoms with E-state index in [1.807, 2.05) is 16.7 Å². The van der Waals surface area contributed by atoms with E-state index in [0.717, 1.165) is 18.1 Å². The number of rotatable bonds is 0. The molecule has 1 aromatic heterocycles. The molecule has 0 aliphatic carbocycles. The zero-order chi connectivity index (χ0) is 9.97. The van der Waals surface area contributed by atoms with Crippen LogP contribution < -0.4 is 0 Å². The largest absolute Gasteiger partial charge is 0.329 e. The molecule has 0 bridgehead atoms. The lowest BCUT2D eigenvalue weighted by atomic mass is 10.3. The highest BCUT2D eigenvalue weighted by atomic mass is 32.2. The summed E-state index contributed by atoms with van der Waals surface area (Å²) in [7, 11) is 0. The molecule has 0 spiro atoms. The van der Waals surface area contributed by atoms with Crippen LogP contribution >= 0.6 is 11.8 Å². The van der Waals surface area contributed by atoms with Gasteiger partial charge in [-0.25, -0.2) is 9.78 Å². The summed E-state index contributed by atoms with van der Waals surface area (Å²) in [5.74, 6) is 2.06. The van der Waals surface area contributed by atoms with Crippen molar-refractivity contribution in [2.75, 3.05) is 18.1 Å². The first-order valence-corrected chi connectivity index (χ1v) is 5.81. The number of aromatic nitrogens is 2. The Morgan fingerprint density at radius 3 is 3.14 bits per heavy atom. The van der Waals surface area contributed by atoms with Gasteiger partial charge in [0.05, 0.1) is 0 Å². The molecule has 2 rings (SSSR count). The normalized spacial score (nSPS) is 22.4. The quantitative estimate of drug-likeness (QED) is 0.649. The maximum atomic E-state index is 11.9. The Labute approximate surface area is 87.3 Å². The number of imidazole rings is 1. The van der Waals surface area contributed by atoms with E-state index in [1.165, 1.54) is 4.57 Å². The first kappa shape index (κ1) is 9.58. The molecule has 0 N–H and O–H groups in total. The number of carbonyl (C=O) groups excluding carboxylic acids is 1. The van der Waals surface area contributed by atoms with E-state index in [1.54, 1.807) is 18.7 Å². The minimum Gasteiger partial charge on any atom is -0.320 e. The van der Waals surface area contributed by atoms with Gasteiger partial charge in [-0.3, -0.25) is 4.57 Å². The Kier molecular flexibility index (Phi) is 2.77. The highest BCUT2D eigenvalue weighted by molar-refractivity contribution is 7.99. The van der Waals surface area contributed by atoms with Gasteiger partial charge in [0.15, 0.2) is 0 Å². The topological polar surface area (TPSA) is 38.1 Å². The third-order valence-electron chi connectivity index (χ3n) is 2.34. The van der Waals surface area contributed by atoms with Crippen molar-refractivity contribution in [3.8, 4) is 0 Å². The van der Waals surface area contributed by atoms with Crippen LogP contribution in [0.4, 0.5) is 4.79 Å². The van der Waals surface area contributed by atoms with Gasteiger partial charge < -0.3 is 4.90 Å². The molecule has 0 saturated carbocycles. The van der Waals surface area contributed by atoms with Crippen molar-refractivity contribution >= 4 is 17.8 Å². The monoisotopic (exact) mass is 211 g/mol. The van der Waals surface area contributed by atoms with Gasteiger partial charge in [-0.2, -0.15) is 11.8 Å². The minimum atomic E-state index is 0.0373. The molecule has 4 nitrogen and oxygen atoms in total. The first-order valence-electron chi connectivity index (χ1n) is 4.65. The molecule has 5 heteroatoms. The molecule has 1 aromatic rings. The summed E-state index contributed by atoms with van der Waals surface area (Å²) in [6.45, 7) is 2.92. The van der Waals surface area contributed by atoms with Gasteiger partial charge >= 0.3 is 6.03 Å². The number of carbonyl (C=O) groups is 1. The zero-order valence-corrected chi connectivity index (χ0v) is 8.91. The molecule has 76 valence electrons. The highest BCUT2D eigenvalue weighted by Crippen LogP contribution is 2.16. The lowest BCUT2D eigenvalue weighted by Gasteiger charge is -2.32. The second-order valence-corrected chi connectivity index (χ2v) is 4.52. The number of hydrogen-bond donors (Lipinski definition) is 0. The van der Waals surface area contributed by atoms with Crippen LogP contribution in [0.25, 0.3) is 0 Å². The van der Waals surface area contributed by atoms with Gasteiger partial charge in [-0.1, -0.05) is 0 Å². The van der Waals surface area contributed by atoms with Crippen molar-refractivity contribution in [3.05, 3.63) is 18.7 Å². The van der Waals surface area contributed by atoms with Crippen molar-refractivity contribution in [3.63, 3.8) is 0 Å². The van der Waals surface area contributed by atoms with Gasteiger partial charge in [0.2, 0.25) is 0 Å².